The summed E-state index contributed by atoms with van der Waals surface area (Å²) in [4.78, 5) is 2.51. The average molecular weight is 374 g/mol. The number of hydrogen-bond acceptors (Lipinski definition) is 2. The predicted molar refractivity (Wildman–Crippen MR) is 97.6 cm³/mol. The zero-order chi connectivity index (χ0) is 13.8. The molecule has 1 saturated heterocycles. The molecule has 0 amide bonds. The number of hydrogen-bond donors (Lipinski definition) is 1. The quantitative estimate of drug-likeness (QED) is 0.812. The van der Waals surface area contributed by atoms with Crippen molar-refractivity contribution >= 4 is 48.0 Å². The maximum atomic E-state index is 6.42. The Morgan fingerprint density at radius 3 is 2.14 bits per heavy atom. The van der Waals surface area contributed by atoms with Crippen LogP contribution in [0.15, 0.2) is 18.2 Å². The SMILES string of the molecule is CCC(C)[C@H](c1c(Cl)cccc1Cl)N1CCNCC1.Cl.Cl. The number of benzene rings is 1. The molecule has 2 nitrogen and oxygen atoms in total. The van der Waals surface area contributed by atoms with Gasteiger partial charge in [0.25, 0.3) is 0 Å². The van der Waals surface area contributed by atoms with Crippen molar-refractivity contribution in [2.24, 2.45) is 5.92 Å². The third kappa shape index (κ3) is 5.16. The molecule has 1 heterocycles. The maximum absolute atomic E-state index is 6.42. The van der Waals surface area contributed by atoms with Crippen molar-refractivity contribution in [2.75, 3.05) is 26.2 Å². The Morgan fingerprint density at radius 2 is 1.67 bits per heavy atom. The van der Waals surface area contributed by atoms with E-state index in [1.165, 1.54) is 0 Å². The van der Waals surface area contributed by atoms with Crippen molar-refractivity contribution in [1.29, 1.82) is 0 Å². The molecule has 0 spiro atoms. The van der Waals surface area contributed by atoms with Gasteiger partial charge in [-0.2, -0.15) is 0 Å². The predicted octanol–water partition coefficient (Wildman–Crippen LogP) is 4.83. The lowest BCUT2D eigenvalue weighted by molar-refractivity contribution is 0.128. The smallest absolute Gasteiger partial charge is 0.0468 e. The van der Waals surface area contributed by atoms with Crippen LogP contribution in [0.1, 0.15) is 31.9 Å². The van der Waals surface area contributed by atoms with Gasteiger partial charge in [-0.25, -0.2) is 0 Å². The van der Waals surface area contributed by atoms with Gasteiger partial charge in [0, 0.05) is 47.8 Å². The van der Waals surface area contributed by atoms with Crippen molar-refractivity contribution < 1.29 is 0 Å². The van der Waals surface area contributed by atoms with E-state index in [2.05, 4.69) is 24.1 Å². The molecule has 0 bridgehead atoms. The van der Waals surface area contributed by atoms with Gasteiger partial charge in [0.15, 0.2) is 0 Å². The van der Waals surface area contributed by atoms with E-state index < -0.39 is 0 Å². The Hall–Kier alpha value is 0.300. The highest BCUT2D eigenvalue weighted by Crippen LogP contribution is 2.39. The van der Waals surface area contributed by atoms with Gasteiger partial charge in [-0.15, -0.1) is 24.8 Å². The minimum Gasteiger partial charge on any atom is -0.314 e. The largest absolute Gasteiger partial charge is 0.314 e. The van der Waals surface area contributed by atoms with Crippen molar-refractivity contribution in [3.63, 3.8) is 0 Å². The van der Waals surface area contributed by atoms with Crippen LogP contribution in [0.2, 0.25) is 10.0 Å². The highest BCUT2D eigenvalue weighted by molar-refractivity contribution is 6.36. The van der Waals surface area contributed by atoms with Crippen molar-refractivity contribution in [3.05, 3.63) is 33.8 Å². The first-order valence-electron chi connectivity index (χ1n) is 7.03. The van der Waals surface area contributed by atoms with Gasteiger partial charge in [-0.1, -0.05) is 49.5 Å². The Balaban J connectivity index is 0.00000200. The van der Waals surface area contributed by atoms with Crippen molar-refractivity contribution in [2.45, 2.75) is 26.3 Å². The van der Waals surface area contributed by atoms with E-state index in [0.717, 1.165) is 48.2 Å². The summed E-state index contributed by atoms with van der Waals surface area (Å²) in [5.74, 6) is 0.537. The third-order valence-electron chi connectivity index (χ3n) is 4.02. The van der Waals surface area contributed by atoms with Crippen molar-refractivity contribution in [1.82, 2.24) is 10.2 Å². The lowest BCUT2D eigenvalue weighted by Crippen LogP contribution is -2.46. The van der Waals surface area contributed by atoms with Crippen LogP contribution in [0, 0.1) is 5.92 Å². The summed E-state index contributed by atoms with van der Waals surface area (Å²) in [7, 11) is 0. The molecule has 0 saturated carbocycles. The van der Waals surface area contributed by atoms with E-state index in [4.69, 9.17) is 23.2 Å². The van der Waals surface area contributed by atoms with E-state index in [0.29, 0.717) is 12.0 Å². The minimum absolute atomic E-state index is 0. The number of rotatable bonds is 4. The Labute approximate surface area is 150 Å². The van der Waals surface area contributed by atoms with E-state index in [-0.39, 0.29) is 24.8 Å². The molecule has 6 heteroatoms. The van der Waals surface area contributed by atoms with Crippen LogP contribution in [-0.2, 0) is 0 Å². The first-order valence-corrected chi connectivity index (χ1v) is 7.79. The third-order valence-corrected chi connectivity index (χ3v) is 4.68. The van der Waals surface area contributed by atoms with Crippen LogP contribution < -0.4 is 5.32 Å². The number of piperazine rings is 1. The molecule has 0 radical (unpaired) electrons. The van der Waals surface area contributed by atoms with Gasteiger partial charge in [-0.05, 0) is 18.1 Å². The molecular formula is C15H24Cl4N2. The Kier molecular flexibility index (Phi) is 10.3. The summed E-state index contributed by atoms with van der Waals surface area (Å²) in [5, 5.41) is 4.98. The second-order valence-corrected chi connectivity index (χ2v) is 6.07. The second kappa shape index (κ2) is 10.1. The molecule has 1 N–H and O–H groups in total. The molecule has 1 aromatic carbocycles. The van der Waals surface area contributed by atoms with Gasteiger partial charge in [0.1, 0.15) is 0 Å². The molecule has 2 rings (SSSR count). The monoisotopic (exact) mass is 372 g/mol. The summed E-state index contributed by atoms with van der Waals surface area (Å²) >= 11 is 12.8. The molecule has 0 aliphatic carbocycles. The average Bonchev–Trinajstić information content (AvgIpc) is 2.43. The van der Waals surface area contributed by atoms with Crippen LogP contribution in [0.3, 0.4) is 0 Å². The summed E-state index contributed by atoms with van der Waals surface area (Å²) < 4.78 is 0. The number of halogens is 4. The van der Waals surface area contributed by atoms with E-state index in [1.807, 2.05) is 18.2 Å². The molecule has 21 heavy (non-hydrogen) atoms. The number of nitrogens with one attached hydrogen (secondary N) is 1. The van der Waals surface area contributed by atoms with Gasteiger partial charge < -0.3 is 5.32 Å². The Morgan fingerprint density at radius 1 is 1.14 bits per heavy atom. The van der Waals surface area contributed by atoms with Gasteiger partial charge in [0.05, 0.1) is 0 Å². The van der Waals surface area contributed by atoms with Crippen LogP contribution in [0.5, 0.6) is 0 Å². The fourth-order valence-corrected chi connectivity index (χ4v) is 3.42. The fourth-order valence-electron chi connectivity index (χ4n) is 2.80. The lowest BCUT2D eigenvalue weighted by atomic mass is 9.90. The van der Waals surface area contributed by atoms with Crippen LogP contribution in [0.4, 0.5) is 0 Å². The highest BCUT2D eigenvalue weighted by atomic mass is 35.5. The maximum Gasteiger partial charge on any atom is 0.0468 e. The minimum atomic E-state index is 0. The molecular weight excluding hydrogens is 350 g/mol. The molecule has 1 aromatic rings. The normalized spacial score (nSPS) is 18.3. The molecule has 1 fully saturated rings. The van der Waals surface area contributed by atoms with Gasteiger partial charge >= 0.3 is 0 Å². The fraction of sp³-hybridized carbons (Fsp3) is 0.600. The zero-order valence-electron chi connectivity index (χ0n) is 12.4. The van der Waals surface area contributed by atoms with Gasteiger partial charge in [-0.3, -0.25) is 4.90 Å². The zero-order valence-corrected chi connectivity index (χ0v) is 15.6. The molecule has 1 aliphatic heterocycles. The molecule has 1 unspecified atom stereocenters. The summed E-state index contributed by atoms with van der Waals surface area (Å²) in [6.07, 6.45) is 1.12. The van der Waals surface area contributed by atoms with Crippen LogP contribution >= 0.6 is 48.0 Å². The van der Waals surface area contributed by atoms with E-state index in [9.17, 15) is 0 Å². The lowest BCUT2D eigenvalue weighted by Gasteiger charge is -2.39. The first-order chi connectivity index (χ1) is 9.15. The van der Waals surface area contributed by atoms with Crippen LogP contribution in [-0.4, -0.2) is 31.1 Å². The molecule has 1 aliphatic rings. The molecule has 122 valence electrons. The van der Waals surface area contributed by atoms with E-state index >= 15 is 0 Å². The summed E-state index contributed by atoms with van der Waals surface area (Å²) in [6.45, 7) is 8.69. The second-order valence-electron chi connectivity index (χ2n) is 5.25. The Bertz CT molecular complexity index is 402. The summed E-state index contributed by atoms with van der Waals surface area (Å²) in [6, 6.07) is 6.12. The molecule has 0 aromatic heterocycles. The van der Waals surface area contributed by atoms with Gasteiger partial charge in [0.2, 0.25) is 0 Å². The topological polar surface area (TPSA) is 15.3 Å². The van der Waals surface area contributed by atoms with Crippen molar-refractivity contribution in [3.8, 4) is 0 Å². The summed E-state index contributed by atoms with van der Waals surface area (Å²) in [5.41, 5.74) is 1.10. The number of nitrogens with zero attached hydrogens (tertiary/aromatic N) is 1. The standard InChI is InChI=1S/C15H22Cl2N2.2ClH/c1-3-11(2)15(19-9-7-18-8-10-19)14-12(16)5-4-6-13(14)17;;/h4-6,11,15,18H,3,7-10H2,1-2H3;2*1H/t11?,15-;;/m1../s1. The first kappa shape index (κ1) is 21.3. The highest BCUT2D eigenvalue weighted by Gasteiger charge is 2.29. The van der Waals surface area contributed by atoms with E-state index in [1.54, 1.807) is 0 Å². The molecule has 2 atom stereocenters. The van der Waals surface area contributed by atoms with Crippen LogP contribution in [0.25, 0.3) is 0 Å².